The molecule has 1 unspecified atom stereocenters. The summed E-state index contributed by atoms with van der Waals surface area (Å²) >= 11 is 0. The van der Waals surface area contributed by atoms with Gasteiger partial charge in [-0.1, -0.05) is 33.1 Å². The smallest absolute Gasteiger partial charge is 0.475 e. The Labute approximate surface area is 165 Å². The Balaban J connectivity index is 0.000000345. The van der Waals surface area contributed by atoms with Crippen LogP contribution in [-0.4, -0.2) is 65.7 Å². The van der Waals surface area contributed by atoms with Gasteiger partial charge in [0.2, 0.25) is 5.91 Å². The second kappa shape index (κ2) is 9.46. The van der Waals surface area contributed by atoms with E-state index in [1.54, 1.807) is 0 Å². The molecule has 1 amide bonds. The number of likely N-dealkylation sites (tertiary alicyclic amines) is 2. The number of halogens is 3. The Morgan fingerprint density at radius 3 is 2.29 bits per heavy atom. The van der Waals surface area contributed by atoms with Crippen molar-refractivity contribution in [3.05, 3.63) is 0 Å². The van der Waals surface area contributed by atoms with E-state index in [-0.39, 0.29) is 5.41 Å². The van der Waals surface area contributed by atoms with Crippen molar-refractivity contribution >= 4 is 11.9 Å². The molecule has 0 radical (unpaired) electrons. The minimum absolute atomic E-state index is 0.00179. The fraction of sp³-hybridized carbons (Fsp3) is 0.900. The molecule has 1 atom stereocenters. The number of carboxylic acids is 1. The quantitative estimate of drug-likeness (QED) is 0.722. The summed E-state index contributed by atoms with van der Waals surface area (Å²) in [4.78, 5) is 26.3. The van der Waals surface area contributed by atoms with Gasteiger partial charge in [0.25, 0.3) is 0 Å². The number of carbonyl (C=O) groups excluding carboxylic acids is 1. The topological polar surface area (TPSA) is 60.9 Å². The second-order valence-electron chi connectivity index (χ2n) is 9.01. The Bertz CT molecular complexity index is 547. The van der Waals surface area contributed by atoms with Crippen LogP contribution in [0.2, 0.25) is 0 Å². The zero-order chi connectivity index (χ0) is 20.9. The highest BCUT2D eigenvalue weighted by molar-refractivity contribution is 5.89. The summed E-state index contributed by atoms with van der Waals surface area (Å²) in [5.74, 6) is -0.793. The minimum atomic E-state index is -5.08. The summed E-state index contributed by atoms with van der Waals surface area (Å²) in [6.45, 7) is 10.00. The summed E-state index contributed by atoms with van der Waals surface area (Å²) in [5.41, 5.74) is 0.00179. The first kappa shape index (κ1) is 23.0. The van der Waals surface area contributed by atoms with Crippen molar-refractivity contribution in [3.63, 3.8) is 0 Å². The number of carboxylic acid groups (broad SMARTS) is 1. The van der Waals surface area contributed by atoms with Gasteiger partial charge in [0, 0.05) is 26.2 Å². The fourth-order valence-electron chi connectivity index (χ4n) is 4.78. The Hall–Kier alpha value is -1.31. The Morgan fingerprint density at radius 1 is 1.18 bits per heavy atom. The molecule has 162 valence electrons. The van der Waals surface area contributed by atoms with Crippen molar-refractivity contribution < 1.29 is 27.9 Å². The molecular weight excluding hydrogens is 373 g/mol. The molecule has 5 nitrogen and oxygen atoms in total. The van der Waals surface area contributed by atoms with Gasteiger partial charge in [-0.25, -0.2) is 4.79 Å². The van der Waals surface area contributed by atoms with Gasteiger partial charge in [-0.05, 0) is 44.1 Å². The van der Waals surface area contributed by atoms with Crippen LogP contribution in [0.3, 0.4) is 0 Å². The largest absolute Gasteiger partial charge is 0.490 e. The first-order valence-corrected chi connectivity index (χ1v) is 10.4. The Morgan fingerprint density at radius 2 is 1.79 bits per heavy atom. The Kier molecular flexibility index (Phi) is 7.76. The van der Waals surface area contributed by atoms with Gasteiger partial charge in [-0.15, -0.1) is 0 Å². The molecule has 3 fully saturated rings. The number of alkyl halides is 3. The third-order valence-corrected chi connectivity index (χ3v) is 5.96. The van der Waals surface area contributed by atoms with Crippen LogP contribution in [0.15, 0.2) is 0 Å². The molecule has 2 aliphatic heterocycles. The van der Waals surface area contributed by atoms with Gasteiger partial charge in [0.1, 0.15) is 0 Å². The molecule has 1 N–H and O–H groups in total. The lowest BCUT2D eigenvalue weighted by atomic mass is 9.71. The van der Waals surface area contributed by atoms with Gasteiger partial charge < -0.3 is 14.9 Å². The summed E-state index contributed by atoms with van der Waals surface area (Å²) in [7, 11) is 0. The van der Waals surface area contributed by atoms with Gasteiger partial charge in [0.15, 0.2) is 0 Å². The minimum Gasteiger partial charge on any atom is -0.475 e. The maximum Gasteiger partial charge on any atom is 0.490 e. The van der Waals surface area contributed by atoms with E-state index in [4.69, 9.17) is 9.90 Å². The van der Waals surface area contributed by atoms with Crippen LogP contribution >= 0.6 is 0 Å². The van der Waals surface area contributed by atoms with Gasteiger partial charge in [-0.2, -0.15) is 13.2 Å². The molecule has 3 rings (SSSR count). The molecule has 0 aromatic carbocycles. The van der Waals surface area contributed by atoms with Crippen LogP contribution in [0.1, 0.15) is 58.8 Å². The lowest BCUT2D eigenvalue weighted by Crippen LogP contribution is -2.67. The van der Waals surface area contributed by atoms with Gasteiger partial charge >= 0.3 is 12.1 Å². The molecule has 3 aliphatic rings. The van der Waals surface area contributed by atoms with Crippen LogP contribution in [0.25, 0.3) is 0 Å². The van der Waals surface area contributed by atoms with Crippen LogP contribution in [0.4, 0.5) is 13.2 Å². The van der Waals surface area contributed by atoms with E-state index in [2.05, 4.69) is 23.6 Å². The molecule has 8 heteroatoms. The number of nitrogens with zero attached hydrogens (tertiary/aromatic N) is 2. The third-order valence-electron chi connectivity index (χ3n) is 5.96. The molecule has 1 spiro atoms. The van der Waals surface area contributed by atoms with Crippen molar-refractivity contribution in [2.24, 2.45) is 17.3 Å². The number of hydrogen-bond donors (Lipinski definition) is 1. The second-order valence-corrected chi connectivity index (χ2v) is 9.01. The first-order valence-electron chi connectivity index (χ1n) is 10.4. The lowest BCUT2D eigenvalue weighted by molar-refractivity contribution is -0.192. The third kappa shape index (κ3) is 6.09. The zero-order valence-corrected chi connectivity index (χ0v) is 16.9. The summed E-state index contributed by atoms with van der Waals surface area (Å²) < 4.78 is 31.7. The predicted octanol–water partition coefficient (Wildman–Crippen LogP) is 3.78. The summed E-state index contributed by atoms with van der Waals surface area (Å²) in [6.07, 6.45) is 4.09. The maximum atomic E-state index is 12.7. The van der Waals surface area contributed by atoms with Crippen LogP contribution in [-0.2, 0) is 9.59 Å². The number of aliphatic carboxylic acids is 1. The molecule has 28 heavy (non-hydrogen) atoms. The maximum absolute atomic E-state index is 12.7. The molecule has 0 aromatic rings. The van der Waals surface area contributed by atoms with Crippen LogP contribution in [0.5, 0.6) is 0 Å². The highest BCUT2D eigenvalue weighted by Gasteiger charge is 2.53. The van der Waals surface area contributed by atoms with Crippen molar-refractivity contribution in [1.82, 2.24) is 9.80 Å². The van der Waals surface area contributed by atoms with E-state index >= 15 is 0 Å². The average molecular weight is 406 g/mol. The number of rotatable bonds is 4. The van der Waals surface area contributed by atoms with E-state index in [1.165, 1.54) is 45.1 Å². The van der Waals surface area contributed by atoms with Crippen molar-refractivity contribution in [2.75, 3.05) is 32.7 Å². The van der Waals surface area contributed by atoms with Crippen LogP contribution < -0.4 is 0 Å². The van der Waals surface area contributed by atoms with E-state index in [1.807, 2.05) is 0 Å². The SMILES string of the molecule is CC(C)CN1CCCC2(C1)CN(CC1CCCCC1)C2=O.O=C(O)C(F)(F)F. The van der Waals surface area contributed by atoms with E-state index in [0.717, 1.165) is 38.5 Å². The number of carbonyl (C=O) groups is 2. The standard InChI is InChI=1S/C18H32N2O.C2HF3O2/c1-15(2)11-19-10-6-9-18(13-19)14-20(17(18)21)12-16-7-4-3-5-8-16;3-2(4,5)1(6)7/h15-16H,3-14H2,1-2H3;(H,6,7). The van der Waals surface area contributed by atoms with Crippen molar-refractivity contribution in [2.45, 2.75) is 65.0 Å². The number of amides is 1. The normalized spacial score (nSPS) is 26.8. The van der Waals surface area contributed by atoms with E-state index in [0.29, 0.717) is 11.8 Å². The highest BCUT2D eigenvalue weighted by Crippen LogP contribution is 2.41. The first-order chi connectivity index (χ1) is 13.0. The monoisotopic (exact) mass is 406 g/mol. The number of hydrogen-bond acceptors (Lipinski definition) is 3. The summed E-state index contributed by atoms with van der Waals surface area (Å²) in [5, 5.41) is 7.12. The lowest BCUT2D eigenvalue weighted by Gasteiger charge is -2.54. The van der Waals surface area contributed by atoms with Crippen molar-refractivity contribution in [3.8, 4) is 0 Å². The fourth-order valence-corrected chi connectivity index (χ4v) is 4.78. The van der Waals surface area contributed by atoms with E-state index < -0.39 is 12.1 Å². The predicted molar refractivity (Wildman–Crippen MR) is 99.8 cm³/mol. The molecule has 0 aromatic heterocycles. The molecule has 2 saturated heterocycles. The van der Waals surface area contributed by atoms with E-state index in [9.17, 15) is 18.0 Å². The number of β-lactam (4-membered cyclic amide) rings is 1. The molecular formula is C20H33F3N2O3. The summed E-state index contributed by atoms with van der Waals surface area (Å²) in [6, 6.07) is 0. The molecule has 2 heterocycles. The van der Waals surface area contributed by atoms with Gasteiger partial charge in [-0.3, -0.25) is 4.79 Å². The molecule has 1 saturated carbocycles. The zero-order valence-electron chi connectivity index (χ0n) is 16.9. The average Bonchev–Trinajstić information content (AvgIpc) is 2.61. The highest BCUT2D eigenvalue weighted by atomic mass is 19.4. The molecule has 1 aliphatic carbocycles. The molecule has 0 bridgehead atoms. The van der Waals surface area contributed by atoms with Gasteiger partial charge in [0.05, 0.1) is 5.41 Å². The van der Waals surface area contributed by atoms with Crippen molar-refractivity contribution in [1.29, 1.82) is 0 Å². The van der Waals surface area contributed by atoms with Crippen LogP contribution in [0, 0.1) is 17.3 Å². The number of piperidine rings is 1.